The molecule has 2 atom stereocenters. The summed E-state index contributed by atoms with van der Waals surface area (Å²) in [7, 11) is 3.41. The fraction of sp³-hybridized carbons (Fsp3) is 0.708. The van der Waals surface area contributed by atoms with Crippen molar-refractivity contribution in [1.29, 1.82) is 0 Å². The smallest absolute Gasteiger partial charge is 0.173 e. The minimum atomic E-state index is -0.114. The zero-order valence-corrected chi connectivity index (χ0v) is 19.9. The topological polar surface area (TPSA) is 77.8 Å². The van der Waals surface area contributed by atoms with Crippen molar-refractivity contribution in [2.45, 2.75) is 63.3 Å². The number of piperazine rings is 1. The Hall–Kier alpha value is -2.23. The molecule has 9 nitrogen and oxygen atoms in total. The minimum Gasteiger partial charge on any atom is -0.497 e. The summed E-state index contributed by atoms with van der Waals surface area (Å²) in [5.74, 6) is 2.47. The summed E-state index contributed by atoms with van der Waals surface area (Å²) in [6.45, 7) is 5.57. The van der Waals surface area contributed by atoms with Crippen molar-refractivity contribution in [3.05, 3.63) is 29.6 Å². The Balaban J connectivity index is 1.45. The van der Waals surface area contributed by atoms with Crippen LogP contribution in [0.4, 0.5) is 0 Å². The second-order valence-corrected chi connectivity index (χ2v) is 9.37. The Morgan fingerprint density at radius 3 is 2.55 bits per heavy atom. The number of benzene rings is 1. The third-order valence-electron chi connectivity index (χ3n) is 7.49. The molecule has 2 aliphatic heterocycles. The van der Waals surface area contributed by atoms with E-state index in [1.54, 1.807) is 14.2 Å². The van der Waals surface area contributed by atoms with Crippen molar-refractivity contribution >= 4 is 0 Å². The maximum Gasteiger partial charge on any atom is 0.173 e. The van der Waals surface area contributed by atoms with Crippen molar-refractivity contribution in [1.82, 2.24) is 30.0 Å². The maximum absolute atomic E-state index is 5.88. The van der Waals surface area contributed by atoms with Gasteiger partial charge in [0.2, 0.25) is 0 Å². The van der Waals surface area contributed by atoms with Gasteiger partial charge in [0.15, 0.2) is 5.82 Å². The number of methoxy groups -OCH3 is 2. The largest absolute Gasteiger partial charge is 0.497 e. The molecule has 1 aliphatic carbocycles. The van der Waals surface area contributed by atoms with E-state index < -0.39 is 0 Å². The van der Waals surface area contributed by atoms with E-state index in [1.165, 1.54) is 25.7 Å². The second-order valence-electron chi connectivity index (χ2n) is 9.37. The third-order valence-corrected chi connectivity index (χ3v) is 7.49. The summed E-state index contributed by atoms with van der Waals surface area (Å²) in [6.07, 6.45) is 7.73. The summed E-state index contributed by atoms with van der Waals surface area (Å²) in [5.41, 5.74) is 1.04. The number of ether oxygens (including phenoxy) is 3. The van der Waals surface area contributed by atoms with Crippen LogP contribution in [0.15, 0.2) is 18.2 Å². The molecular formula is C24H36N6O3. The van der Waals surface area contributed by atoms with Crippen LogP contribution in [0.5, 0.6) is 11.5 Å². The molecule has 2 saturated heterocycles. The van der Waals surface area contributed by atoms with Crippen molar-refractivity contribution in [3.63, 3.8) is 0 Å². The maximum atomic E-state index is 5.88. The van der Waals surface area contributed by atoms with Crippen LogP contribution in [-0.4, -0.2) is 89.2 Å². The fourth-order valence-electron chi connectivity index (χ4n) is 5.70. The standard InChI is InChI=1S/C24H36N6O3/c1-31-19-9-10-22(32-2)21(16-19)23(24-25-26-27-30(24)17-20-8-5-15-33-20)29-13-11-28(12-14-29)18-6-3-4-7-18/h9-10,16,18,20,23H,3-8,11-15,17H2,1-2H3/t20-,23-/m1/s1. The minimum absolute atomic E-state index is 0.114. The molecule has 3 fully saturated rings. The molecule has 180 valence electrons. The zero-order chi connectivity index (χ0) is 22.6. The molecule has 0 spiro atoms. The first-order valence-corrected chi connectivity index (χ1v) is 12.3. The van der Waals surface area contributed by atoms with Gasteiger partial charge in [-0.15, -0.1) is 5.10 Å². The summed E-state index contributed by atoms with van der Waals surface area (Å²) < 4.78 is 19.2. The molecule has 0 bridgehead atoms. The molecular weight excluding hydrogens is 420 g/mol. The Labute approximate surface area is 196 Å². The lowest BCUT2D eigenvalue weighted by Crippen LogP contribution is -2.51. The Morgan fingerprint density at radius 2 is 1.85 bits per heavy atom. The lowest BCUT2D eigenvalue weighted by atomic mass is 10.0. The summed E-state index contributed by atoms with van der Waals surface area (Å²) in [5, 5.41) is 13.0. The molecule has 1 saturated carbocycles. The van der Waals surface area contributed by atoms with Crippen LogP contribution in [-0.2, 0) is 11.3 Å². The van der Waals surface area contributed by atoms with Crippen molar-refractivity contribution < 1.29 is 14.2 Å². The van der Waals surface area contributed by atoms with Gasteiger partial charge < -0.3 is 14.2 Å². The molecule has 0 unspecified atom stereocenters. The van der Waals surface area contributed by atoms with Crippen LogP contribution in [0.1, 0.15) is 56.0 Å². The van der Waals surface area contributed by atoms with E-state index in [1.807, 2.05) is 16.8 Å². The molecule has 2 aromatic rings. The van der Waals surface area contributed by atoms with Crippen LogP contribution in [0.25, 0.3) is 0 Å². The van der Waals surface area contributed by atoms with Crippen LogP contribution in [0, 0.1) is 0 Å². The van der Waals surface area contributed by atoms with Gasteiger partial charge >= 0.3 is 0 Å². The Kier molecular flexibility index (Phi) is 7.08. The first kappa shape index (κ1) is 22.6. The SMILES string of the molecule is COc1ccc(OC)c([C@H](c2nnnn2C[C@H]2CCCO2)N2CCN(C3CCCC3)CC2)c1. The third kappa shape index (κ3) is 4.85. The predicted octanol–water partition coefficient (Wildman–Crippen LogP) is 2.52. The van der Waals surface area contributed by atoms with Gasteiger partial charge in [-0.05, 0) is 54.3 Å². The Bertz CT molecular complexity index is 901. The van der Waals surface area contributed by atoms with Gasteiger partial charge in [0, 0.05) is 44.4 Å². The molecule has 3 aliphatic rings. The van der Waals surface area contributed by atoms with Crippen molar-refractivity contribution in [2.75, 3.05) is 47.0 Å². The first-order chi connectivity index (χ1) is 16.3. The van der Waals surface area contributed by atoms with E-state index in [4.69, 9.17) is 14.2 Å². The van der Waals surface area contributed by atoms with Gasteiger partial charge in [-0.1, -0.05) is 12.8 Å². The van der Waals surface area contributed by atoms with E-state index in [9.17, 15) is 0 Å². The first-order valence-electron chi connectivity index (χ1n) is 12.3. The molecule has 1 aromatic heterocycles. The monoisotopic (exact) mass is 456 g/mol. The van der Waals surface area contributed by atoms with Gasteiger partial charge in [0.25, 0.3) is 0 Å². The average Bonchev–Trinajstić information content (AvgIpc) is 3.64. The second kappa shape index (κ2) is 10.4. The summed E-state index contributed by atoms with van der Waals surface area (Å²) in [6, 6.07) is 6.62. The number of hydrogen-bond acceptors (Lipinski definition) is 8. The molecule has 0 N–H and O–H groups in total. The van der Waals surface area contributed by atoms with E-state index >= 15 is 0 Å². The van der Waals surface area contributed by atoms with Crippen LogP contribution in [0.3, 0.4) is 0 Å². The summed E-state index contributed by atoms with van der Waals surface area (Å²) in [4.78, 5) is 5.18. The van der Waals surface area contributed by atoms with Gasteiger partial charge in [0.1, 0.15) is 17.5 Å². The zero-order valence-electron chi connectivity index (χ0n) is 19.9. The number of rotatable bonds is 8. The molecule has 0 amide bonds. The molecule has 33 heavy (non-hydrogen) atoms. The highest BCUT2D eigenvalue weighted by Crippen LogP contribution is 2.37. The normalized spacial score (nSPS) is 23.8. The Morgan fingerprint density at radius 1 is 1.03 bits per heavy atom. The van der Waals surface area contributed by atoms with E-state index in [0.717, 1.165) is 74.6 Å². The molecule has 1 aromatic carbocycles. The van der Waals surface area contributed by atoms with Gasteiger partial charge in [-0.3, -0.25) is 9.80 Å². The highest BCUT2D eigenvalue weighted by Gasteiger charge is 2.35. The fourth-order valence-corrected chi connectivity index (χ4v) is 5.70. The van der Waals surface area contributed by atoms with Crippen LogP contribution < -0.4 is 9.47 Å². The lowest BCUT2D eigenvalue weighted by molar-refractivity contribution is 0.0714. The number of tetrazole rings is 1. The van der Waals surface area contributed by atoms with Gasteiger partial charge in [0.05, 0.1) is 26.9 Å². The quantitative estimate of drug-likeness (QED) is 0.600. The highest BCUT2D eigenvalue weighted by atomic mass is 16.5. The van der Waals surface area contributed by atoms with Gasteiger partial charge in [-0.25, -0.2) is 4.68 Å². The molecule has 3 heterocycles. The van der Waals surface area contributed by atoms with Gasteiger partial charge in [-0.2, -0.15) is 0 Å². The molecule has 0 radical (unpaired) electrons. The lowest BCUT2D eigenvalue weighted by Gasteiger charge is -2.41. The molecule has 5 rings (SSSR count). The predicted molar refractivity (Wildman–Crippen MR) is 124 cm³/mol. The van der Waals surface area contributed by atoms with E-state index in [0.29, 0.717) is 6.54 Å². The number of hydrogen-bond donors (Lipinski definition) is 0. The number of aromatic nitrogens is 4. The van der Waals surface area contributed by atoms with Crippen LogP contribution in [0.2, 0.25) is 0 Å². The highest BCUT2D eigenvalue weighted by molar-refractivity contribution is 5.44. The molecule has 9 heteroatoms. The number of nitrogens with zero attached hydrogens (tertiary/aromatic N) is 6. The average molecular weight is 457 g/mol. The van der Waals surface area contributed by atoms with E-state index in [2.05, 4.69) is 31.4 Å². The summed E-state index contributed by atoms with van der Waals surface area (Å²) >= 11 is 0. The van der Waals surface area contributed by atoms with E-state index in [-0.39, 0.29) is 12.1 Å². The van der Waals surface area contributed by atoms with Crippen molar-refractivity contribution in [3.8, 4) is 11.5 Å². The van der Waals surface area contributed by atoms with Crippen LogP contribution >= 0.6 is 0 Å². The van der Waals surface area contributed by atoms with Crippen molar-refractivity contribution in [2.24, 2.45) is 0 Å².